The van der Waals surface area contributed by atoms with Crippen LogP contribution >= 0.6 is 0 Å². The van der Waals surface area contributed by atoms with Crippen LogP contribution in [-0.4, -0.2) is 60.6 Å². The normalized spacial score (nSPS) is 37.3. The van der Waals surface area contributed by atoms with Gasteiger partial charge in [0.2, 0.25) is 11.6 Å². The summed E-state index contributed by atoms with van der Waals surface area (Å²) >= 11 is 0. The number of nitrogens with two attached hydrogens (primary N) is 2. The summed E-state index contributed by atoms with van der Waals surface area (Å²) in [7, 11) is 1.51. The zero-order valence-corrected chi connectivity index (χ0v) is 12.4. The lowest BCUT2D eigenvalue weighted by atomic mass is 9.84. The predicted octanol–water partition coefficient (Wildman–Crippen LogP) is -2.04. The van der Waals surface area contributed by atoms with Crippen molar-refractivity contribution in [2.24, 2.45) is 17.4 Å². The molecule has 3 heterocycles. The summed E-state index contributed by atoms with van der Waals surface area (Å²) in [5.41, 5.74) is 10.2. The lowest BCUT2D eigenvalue weighted by Crippen LogP contribution is -2.55. The molecule has 0 radical (unpaired) electrons. The molecule has 4 aliphatic rings. The summed E-state index contributed by atoms with van der Waals surface area (Å²) in [6.07, 6.45) is 0.185. The molecule has 122 valence electrons. The molecule has 2 fully saturated rings. The van der Waals surface area contributed by atoms with Crippen LogP contribution in [0.4, 0.5) is 4.79 Å². The van der Waals surface area contributed by atoms with Crippen LogP contribution in [0.25, 0.3) is 0 Å². The van der Waals surface area contributed by atoms with Crippen molar-refractivity contribution < 1.29 is 23.9 Å². The number of ketones is 2. The van der Waals surface area contributed by atoms with E-state index >= 15 is 0 Å². The van der Waals surface area contributed by atoms with Crippen LogP contribution < -0.4 is 16.8 Å². The van der Waals surface area contributed by atoms with Crippen LogP contribution in [0, 0.1) is 5.92 Å². The molecule has 0 aromatic heterocycles. The number of carbonyl (C=O) groups excluding carboxylic acids is 3. The number of rotatable bonds is 3. The average Bonchev–Trinajstić information content (AvgIpc) is 3.10. The maximum atomic E-state index is 12.5. The van der Waals surface area contributed by atoms with Crippen molar-refractivity contribution in [3.8, 4) is 0 Å². The van der Waals surface area contributed by atoms with E-state index in [0.717, 1.165) is 6.08 Å². The number of fused-ring (bicyclic) bond motifs is 4. The van der Waals surface area contributed by atoms with Crippen molar-refractivity contribution in [1.29, 1.82) is 0 Å². The second-order valence-corrected chi connectivity index (χ2v) is 6.06. The molecule has 5 N–H and O–H groups in total. The van der Waals surface area contributed by atoms with Crippen molar-refractivity contribution in [3.05, 3.63) is 23.0 Å². The van der Waals surface area contributed by atoms with Gasteiger partial charge < -0.3 is 31.2 Å². The molecule has 9 nitrogen and oxygen atoms in total. The SMILES string of the molecule is CO[C@@]12[C@H](COC(N)=O)C3=C(C(=O)C=C(N)C3=O)N1C[C@@H]1N[C@@H]12. The molecule has 3 aliphatic heterocycles. The summed E-state index contributed by atoms with van der Waals surface area (Å²) in [5.74, 6) is -1.40. The third kappa shape index (κ3) is 1.60. The number of nitrogens with zero attached hydrogens (tertiary/aromatic N) is 1. The molecule has 0 bridgehead atoms. The van der Waals surface area contributed by atoms with Crippen molar-refractivity contribution in [2.75, 3.05) is 20.3 Å². The molecule has 4 rings (SSSR count). The topological polar surface area (TPSA) is 147 Å². The fourth-order valence-corrected chi connectivity index (χ4v) is 4.15. The highest BCUT2D eigenvalue weighted by Crippen LogP contribution is 2.54. The Morgan fingerprint density at radius 1 is 1.52 bits per heavy atom. The lowest BCUT2D eigenvalue weighted by Gasteiger charge is -2.39. The van der Waals surface area contributed by atoms with Crippen LogP contribution in [0.15, 0.2) is 23.0 Å². The third-order valence-electron chi connectivity index (χ3n) is 5.05. The molecule has 1 aliphatic carbocycles. The number of carbonyl (C=O) groups is 3. The molecule has 1 amide bonds. The van der Waals surface area contributed by atoms with Crippen molar-refractivity contribution in [3.63, 3.8) is 0 Å². The smallest absolute Gasteiger partial charge is 0.404 e. The second-order valence-electron chi connectivity index (χ2n) is 6.06. The van der Waals surface area contributed by atoms with Gasteiger partial charge in [-0.15, -0.1) is 0 Å². The Bertz CT molecular complexity index is 714. The van der Waals surface area contributed by atoms with E-state index < -0.39 is 23.5 Å². The van der Waals surface area contributed by atoms with Gasteiger partial charge in [0.25, 0.3) is 0 Å². The van der Waals surface area contributed by atoms with Gasteiger partial charge in [-0.3, -0.25) is 9.59 Å². The fourth-order valence-electron chi connectivity index (χ4n) is 4.15. The minimum absolute atomic E-state index is 0.0543. The van der Waals surface area contributed by atoms with Crippen LogP contribution in [0.2, 0.25) is 0 Å². The highest BCUT2D eigenvalue weighted by Gasteiger charge is 2.72. The van der Waals surface area contributed by atoms with Gasteiger partial charge in [0.1, 0.15) is 6.61 Å². The molecule has 0 unspecified atom stereocenters. The van der Waals surface area contributed by atoms with Gasteiger partial charge in [-0.05, 0) is 0 Å². The number of methoxy groups -OCH3 is 1. The number of nitrogens with one attached hydrogen (secondary N) is 1. The molecular formula is C14H16N4O5. The second kappa shape index (κ2) is 4.33. The minimum atomic E-state index is -0.951. The summed E-state index contributed by atoms with van der Waals surface area (Å²) in [5, 5.41) is 3.26. The number of amides is 1. The maximum Gasteiger partial charge on any atom is 0.404 e. The number of allylic oxidation sites excluding steroid dienone is 2. The van der Waals surface area contributed by atoms with Crippen LogP contribution in [0.1, 0.15) is 0 Å². The maximum absolute atomic E-state index is 12.5. The molecule has 0 aromatic rings. The van der Waals surface area contributed by atoms with Crippen molar-refractivity contribution >= 4 is 17.7 Å². The molecule has 2 saturated heterocycles. The van der Waals surface area contributed by atoms with Gasteiger partial charge in [0.15, 0.2) is 5.72 Å². The van der Waals surface area contributed by atoms with Crippen molar-refractivity contribution in [2.45, 2.75) is 17.8 Å². The number of hydrogen-bond donors (Lipinski definition) is 3. The zero-order valence-electron chi connectivity index (χ0n) is 12.4. The standard InChI is InChI=1S/C14H16N4O5/c1-22-14-5(4-23-13(16)21)9-10(8(19)2-6(15)11(9)20)18(14)3-7-12(14)17-7/h2,5,7,12,17H,3-4,15H2,1H3,(H2,16,21)/t5-,7+,12+,14-/m1/s1. The number of ether oxygens (including phenoxy) is 2. The van der Waals surface area contributed by atoms with Crippen molar-refractivity contribution in [1.82, 2.24) is 10.2 Å². The first kappa shape index (κ1) is 14.2. The van der Waals surface area contributed by atoms with E-state index in [1.165, 1.54) is 7.11 Å². The number of Topliss-reactive ketones (excluding diaryl/α,β-unsaturated/α-hetero) is 1. The van der Waals surface area contributed by atoms with E-state index in [2.05, 4.69) is 5.32 Å². The van der Waals surface area contributed by atoms with E-state index in [1.807, 2.05) is 0 Å². The lowest BCUT2D eigenvalue weighted by molar-refractivity contribution is -0.136. The molecule has 9 heteroatoms. The number of hydrogen-bond acceptors (Lipinski definition) is 8. The Kier molecular flexibility index (Phi) is 2.68. The Labute approximate surface area is 131 Å². The first-order valence-electron chi connectivity index (χ1n) is 7.23. The highest BCUT2D eigenvalue weighted by atomic mass is 16.6. The van der Waals surface area contributed by atoms with Gasteiger partial charge in [-0.2, -0.15) is 0 Å². The molecule has 23 heavy (non-hydrogen) atoms. The summed E-state index contributed by atoms with van der Waals surface area (Å²) in [6, 6.07) is 0.118. The summed E-state index contributed by atoms with van der Waals surface area (Å²) < 4.78 is 10.7. The van der Waals surface area contributed by atoms with E-state index in [4.69, 9.17) is 20.9 Å². The van der Waals surface area contributed by atoms with E-state index in [9.17, 15) is 14.4 Å². The summed E-state index contributed by atoms with van der Waals surface area (Å²) in [6.45, 7) is 0.382. The quantitative estimate of drug-likeness (QED) is 0.398. The Morgan fingerprint density at radius 2 is 2.26 bits per heavy atom. The van der Waals surface area contributed by atoms with Gasteiger partial charge in [-0.1, -0.05) is 0 Å². The number of piperazine rings is 1. The third-order valence-corrected chi connectivity index (χ3v) is 5.05. The monoisotopic (exact) mass is 320 g/mol. The molecule has 4 atom stereocenters. The van der Waals surface area contributed by atoms with Gasteiger partial charge in [-0.25, -0.2) is 4.79 Å². The van der Waals surface area contributed by atoms with Gasteiger partial charge in [0.05, 0.1) is 23.4 Å². The predicted molar refractivity (Wildman–Crippen MR) is 75.5 cm³/mol. The van der Waals surface area contributed by atoms with Gasteiger partial charge in [0, 0.05) is 31.3 Å². The molecule has 0 spiro atoms. The first-order valence-corrected chi connectivity index (χ1v) is 7.23. The Morgan fingerprint density at radius 3 is 2.91 bits per heavy atom. The molecule has 0 aromatic carbocycles. The average molecular weight is 320 g/mol. The van der Waals surface area contributed by atoms with E-state index in [1.54, 1.807) is 4.90 Å². The summed E-state index contributed by atoms with van der Waals surface area (Å²) in [4.78, 5) is 37.8. The largest absolute Gasteiger partial charge is 0.449 e. The van der Waals surface area contributed by atoms with E-state index in [0.29, 0.717) is 6.54 Å². The molecular weight excluding hydrogens is 304 g/mol. The zero-order chi connectivity index (χ0) is 16.5. The number of primary amides is 1. The Hall–Kier alpha value is -2.39. The molecule has 0 saturated carbocycles. The minimum Gasteiger partial charge on any atom is -0.449 e. The van der Waals surface area contributed by atoms with Crippen LogP contribution in [0.3, 0.4) is 0 Å². The highest BCUT2D eigenvalue weighted by molar-refractivity contribution is 6.23. The van der Waals surface area contributed by atoms with E-state index in [-0.39, 0.29) is 41.4 Å². The first-order chi connectivity index (χ1) is 10.9. The van der Waals surface area contributed by atoms with Gasteiger partial charge >= 0.3 is 6.09 Å². The fraction of sp³-hybridized carbons (Fsp3) is 0.500. The van der Waals surface area contributed by atoms with Crippen LogP contribution in [0.5, 0.6) is 0 Å². The van der Waals surface area contributed by atoms with Crippen LogP contribution in [-0.2, 0) is 19.1 Å². The Balaban J connectivity index is 1.83.